The molecule has 1 radical (unpaired) electrons. The summed E-state index contributed by atoms with van der Waals surface area (Å²) in [6.07, 6.45) is 0.964. The normalized spacial score (nSPS) is 15.1. The highest BCUT2D eigenvalue weighted by Gasteiger charge is 2.04. The predicted molar refractivity (Wildman–Crippen MR) is 37.0 cm³/mol. The Balaban J connectivity index is 3.39. The van der Waals surface area contributed by atoms with Crippen LogP contribution in [0.4, 0.5) is 0 Å². The molecule has 0 aliphatic carbocycles. The van der Waals surface area contributed by atoms with Gasteiger partial charge in [-0.3, -0.25) is 4.55 Å². The molecule has 0 saturated carbocycles. The van der Waals surface area contributed by atoms with Gasteiger partial charge in [-0.2, -0.15) is 8.42 Å². The maximum absolute atomic E-state index is 10.1. The third kappa shape index (κ3) is 7.87. The summed E-state index contributed by atoms with van der Waals surface area (Å²) in [7, 11) is -3.86. The summed E-state index contributed by atoms with van der Waals surface area (Å²) in [5.41, 5.74) is 0. The van der Waals surface area contributed by atoms with E-state index in [4.69, 9.17) is 9.66 Å². The van der Waals surface area contributed by atoms with Crippen molar-refractivity contribution in [1.82, 2.24) is 0 Å². The third-order valence-electron chi connectivity index (χ3n) is 0.884. The Kier molecular flexibility index (Phi) is 3.85. The van der Waals surface area contributed by atoms with Crippen LogP contribution in [0.2, 0.25) is 0 Å². The SMILES string of the molecule is CC(O)[CH]CCS(=O)(=O)O. The summed E-state index contributed by atoms with van der Waals surface area (Å²) >= 11 is 0. The lowest BCUT2D eigenvalue weighted by molar-refractivity contribution is 0.224. The van der Waals surface area contributed by atoms with Gasteiger partial charge in [-0.15, -0.1) is 0 Å². The Hall–Kier alpha value is -0.130. The lowest BCUT2D eigenvalue weighted by Crippen LogP contribution is -2.08. The first kappa shape index (κ1) is 9.87. The van der Waals surface area contributed by atoms with Gasteiger partial charge in [0.1, 0.15) is 0 Å². The van der Waals surface area contributed by atoms with Crippen LogP contribution in [0.15, 0.2) is 0 Å². The molecule has 0 saturated heterocycles. The zero-order valence-corrected chi connectivity index (χ0v) is 6.50. The average molecular weight is 167 g/mol. The van der Waals surface area contributed by atoms with Gasteiger partial charge >= 0.3 is 0 Å². The van der Waals surface area contributed by atoms with E-state index in [0.717, 1.165) is 0 Å². The number of aliphatic hydroxyl groups excluding tert-OH is 1. The van der Waals surface area contributed by atoms with Gasteiger partial charge in [0.05, 0.1) is 11.9 Å². The molecule has 61 valence electrons. The van der Waals surface area contributed by atoms with Crippen LogP contribution in [0, 0.1) is 6.42 Å². The summed E-state index contributed by atoms with van der Waals surface area (Å²) in [4.78, 5) is 0. The van der Waals surface area contributed by atoms with Crippen LogP contribution in [-0.2, 0) is 10.1 Å². The minimum atomic E-state index is -3.86. The first-order chi connectivity index (χ1) is 4.42. The van der Waals surface area contributed by atoms with Crippen LogP contribution in [0.1, 0.15) is 13.3 Å². The van der Waals surface area contributed by atoms with Gasteiger partial charge in [-0.05, 0) is 19.8 Å². The number of hydrogen-bond acceptors (Lipinski definition) is 3. The summed E-state index contributed by atoms with van der Waals surface area (Å²) < 4.78 is 28.3. The van der Waals surface area contributed by atoms with Gasteiger partial charge in [0, 0.05) is 0 Å². The highest BCUT2D eigenvalue weighted by atomic mass is 32.2. The highest BCUT2D eigenvalue weighted by molar-refractivity contribution is 7.85. The molecule has 0 amide bonds. The molecule has 0 spiro atoms. The van der Waals surface area contributed by atoms with Crippen molar-refractivity contribution in [2.45, 2.75) is 19.4 Å². The summed E-state index contributed by atoms with van der Waals surface area (Å²) in [5.74, 6) is -0.322. The fraction of sp³-hybridized carbons (Fsp3) is 0.800. The van der Waals surface area contributed by atoms with Crippen LogP contribution < -0.4 is 0 Å². The summed E-state index contributed by atoms with van der Waals surface area (Å²) in [6, 6.07) is 0. The van der Waals surface area contributed by atoms with Crippen molar-refractivity contribution in [3.63, 3.8) is 0 Å². The molecule has 5 heteroatoms. The Labute approximate surface area is 60.6 Å². The molecule has 0 rings (SSSR count). The molecular weight excluding hydrogens is 156 g/mol. The topological polar surface area (TPSA) is 74.6 Å². The predicted octanol–water partition coefficient (Wildman–Crippen LogP) is -0.151. The zero-order valence-electron chi connectivity index (χ0n) is 5.69. The quantitative estimate of drug-likeness (QED) is 0.571. The maximum atomic E-state index is 10.1. The molecule has 0 aromatic heterocycles. The number of aliphatic hydroxyl groups is 1. The lowest BCUT2D eigenvalue weighted by atomic mass is 10.2. The minimum Gasteiger partial charge on any atom is -0.393 e. The molecule has 0 heterocycles. The van der Waals surface area contributed by atoms with Crippen LogP contribution in [0.3, 0.4) is 0 Å². The number of rotatable bonds is 4. The van der Waals surface area contributed by atoms with Crippen molar-refractivity contribution in [1.29, 1.82) is 0 Å². The average Bonchev–Trinajstić information content (AvgIpc) is 1.59. The van der Waals surface area contributed by atoms with Crippen molar-refractivity contribution in [3.8, 4) is 0 Å². The van der Waals surface area contributed by atoms with Crippen molar-refractivity contribution in [3.05, 3.63) is 6.42 Å². The number of hydrogen-bond donors (Lipinski definition) is 2. The van der Waals surface area contributed by atoms with E-state index >= 15 is 0 Å². The second kappa shape index (κ2) is 3.90. The van der Waals surface area contributed by atoms with E-state index in [9.17, 15) is 8.42 Å². The zero-order chi connectivity index (χ0) is 8.20. The third-order valence-corrected chi connectivity index (χ3v) is 1.64. The molecule has 0 bridgehead atoms. The smallest absolute Gasteiger partial charge is 0.264 e. The van der Waals surface area contributed by atoms with Crippen LogP contribution >= 0.6 is 0 Å². The Morgan fingerprint density at radius 2 is 2.10 bits per heavy atom. The fourth-order valence-corrected chi connectivity index (χ4v) is 0.892. The molecule has 0 aliphatic heterocycles. The Morgan fingerprint density at radius 3 is 2.40 bits per heavy atom. The maximum Gasteiger partial charge on any atom is 0.264 e. The van der Waals surface area contributed by atoms with Crippen molar-refractivity contribution in [2.75, 3.05) is 5.75 Å². The van der Waals surface area contributed by atoms with E-state index in [-0.39, 0.29) is 12.2 Å². The largest absolute Gasteiger partial charge is 0.393 e. The molecule has 0 fully saturated rings. The molecule has 1 atom stereocenters. The van der Waals surface area contributed by atoms with Crippen molar-refractivity contribution < 1.29 is 18.1 Å². The first-order valence-corrected chi connectivity index (χ1v) is 4.49. The fourth-order valence-electron chi connectivity index (χ4n) is 0.458. The van der Waals surface area contributed by atoms with Gasteiger partial charge in [0.15, 0.2) is 0 Å². The van der Waals surface area contributed by atoms with Crippen LogP contribution in [0.5, 0.6) is 0 Å². The molecule has 0 aliphatic rings. The monoisotopic (exact) mass is 167 g/mol. The Morgan fingerprint density at radius 1 is 1.60 bits per heavy atom. The van der Waals surface area contributed by atoms with Gasteiger partial charge in [-0.25, -0.2) is 0 Å². The molecule has 0 aromatic rings. The second-order valence-corrected chi connectivity index (χ2v) is 3.62. The van der Waals surface area contributed by atoms with E-state index in [1.54, 1.807) is 0 Å². The molecule has 10 heavy (non-hydrogen) atoms. The van der Waals surface area contributed by atoms with Gasteiger partial charge < -0.3 is 5.11 Å². The van der Waals surface area contributed by atoms with E-state index in [2.05, 4.69) is 0 Å². The molecule has 4 nitrogen and oxygen atoms in total. The molecular formula is C5H11O4S. The van der Waals surface area contributed by atoms with E-state index in [0.29, 0.717) is 0 Å². The van der Waals surface area contributed by atoms with Crippen molar-refractivity contribution in [2.24, 2.45) is 0 Å². The summed E-state index contributed by atoms with van der Waals surface area (Å²) in [6.45, 7) is 1.52. The molecule has 0 aromatic carbocycles. The van der Waals surface area contributed by atoms with Gasteiger partial charge in [-0.1, -0.05) is 0 Å². The molecule has 2 N–H and O–H groups in total. The first-order valence-electron chi connectivity index (χ1n) is 2.88. The van der Waals surface area contributed by atoms with E-state index < -0.39 is 16.2 Å². The Bertz CT molecular complexity index is 170. The van der Waals surface area contributed by atoms with E-state index in [1.807, 2.05) is 0 Å². The lowest BCUT2D eigenvalue weighted by Gasteiger charge is -1.99. The standard InChI is InChI=1S/C5H11O4S/c1-5(6)3-2-4-10(7,8)9/h3,5-6H,2,4H2,1H3,(H,7,8,9). The van der Waals surface area contributed by atoms with Gasteiger partial charge in [0.25, 0.3) is 10.1 Å². The second-order valence-electron chi connectivity index (χ2n) is 2.05. The molecule has 1 unspecified atom stereocenters. The van der Waals surface area contributed by atoms with Gasteiger partial charge in [0.2, 0.25) is 0 Å². The van der Waals surface area contributed by atoms with E-state index in [1.165, 1.54) is 13.3 Å². The minimum absolute atomic E-state index is 0.177. The van der Waals surface area contributed by atoms with Crippen molar-refractivity contribution >= 4 is 10.1 Å². The summed E-state index contributed by atoms with van der Waals surface area (Å²) in [5, 5.41) is 8.62. The van der Waals surface area contributed by atoms with Crippen LogP contribution in [0.25, 0.3) is 0 Å². The van der Waals surface area contributed by atoms with Crippen LogP contribution in [-0.4, -0.2) is 29.9 Å². The highest BCUT2D eigenvalue weighted by Crippen LogP contribution is 1.96.